The molecule has 1 saturated heterocycles. The van der Waals surface area contributed by atoms with Crippen LogP contribution in [-0.2, 0) is 0 Å². The molecule has 2 unspecified atom stereocenters. The maximum absolute atomic E-state index is 6.44. The van der Waals surface area contributed by atoms with Gasteiger partial charge in [-0.05, 0) is 24.1 Å². The molecule has 0 radical (unpaired) electrons. The van der Waals surface area contributed by atoms with Crippen LogP contribution in [0.25, 0.3) is 0 Å². The average Bonchev–Trinajstić information content (AvgIpc) is 2.55. The molecular weight excluding hydrogens is 280 g/mol. The maximum Gasteiger partial charge on any atom is 0.0668 e. The highest BCUT2D eigenvalue weighted by Crippen LogP contribution is 2.34. The number of benzene rings is 2. The molecule has 1 fully saturated rings. The fraction of sp³-hybridized carbons (Fsp3) is 0.333. The van der Waals surface area contributed by atoms with E-state index in [9.17, 15) is 0 Å². The van der Waals surface area contributed by atoms with Crippen molar-refractivity contribution >= 4 is 17.3 Å². The second-order valence-electron chi connectivity index (χ2n) is 5.54. The van der Waals surface area contributed by atoms with E-state index in [4.69, 9.17) is 11.6 Å². The number of anilines is 1. The maximum atomic E-state index is 6.44. The van der Waals surface area contributed by atoms with Gasteiger partial charge in [0, 0.05) is 19.1 Å². The standard InChI is InChI=1S/C18H21ClN2/c1-2-15-13-21(17-11-7-6-10-16(17)19)18(12-20-15)14-8-4-3-5-9-14/h3-11,15,18,20H,2,12-13H2,1H3. The van der Waals surface area contributed by atoms with Crippen LogP contribution in [0.5, 0.6) is 0 Å². The van der Waals surface area contributed by atoms with Gasteiger partial charge < -0.3 is 10.2 Å². The van der Waals surface area contributed by atoms with Crippen molar-refractivity contribution in [2.45, 2.75) is 25.4 Å². The number of halogens is 1. The van der Waals surface area contributed by atoms with Gasteiger partial charge in [-0.25, -0.2) is 0 Å². The molecular formula is C18H21ClN2. The predicted molar refractivity (Wildman–Crippen MR) is 90.1 cm³/mol. The van der Waals surface area contributed by atoms with Gasteiger partial charge in [0.25, 0.3) is 0 Å². The number of hydrogen-bond donors (Lipinski definition) is 1. The molecule has 1 N–H and O–H groups in total. The van der Waals surface area contributed by atoms with E-state index in [2.05, 4.69) is 59.6 Å². The Hall–Kier alpha value is -1.51. The summed E-state index contributed by atoms with van der Waals surface area (Å²) in [5.74, 6) is 0. The fourth-order valence-corrected chi connectivity index (χ4v) is 3.26. The third-order valence-corrected chi connectivity index (χ3v) is 4.55. The second kappa shape index (κ2) is 6.50. The summed E-state index contributed by atoms with van der Waals surface area (Å²) in [6.45, 7) is 4.17. The third kappa shape index (κ3) is 3.07. The summed E-state index contributed by atoms with van der Waals surface area (Å²) in [7, 11) is 0. The molecule has 2 nitrogen and oxygen atoms in total. The molecule has 21 heavy (non-hydrogen) atoms. The zero-order valence-corrected chi connectivity index (χ0v) is 13.1. The summed E-state index contributed by atoms with van der Waals surface area (Å²) in [4.78, 5) is 2.45. The number of nitrogens with one attached hydrogen (secondary N) is 1. The smallest absolute Gasteiger partial charge is 0.0668 e. The van der Waals surface area contributed by atoms with Crippen LogP contribution in [0.3, 0.4) is 0 Å². The highest BCUT2D eigenvalue weighted by atomic mass is 35.5. The molecule has 0 aromatic heterocycles. The zero-order valence-electron chi connectivity index (χ0n) is 12.3. The van der Waals surface area contributed by atoms with E-state index in [-0.39, 0.29) is 0 Å². The molecule has 2 atom stereocenters. The zero-order chi connectivity index (χ0) is 14.7. The minimum absolute atomic E-state index is 0.328. The first-order chi connectivity index (χ1) is 10.3. The fourth-order valence-electron chi connectivity index (χ4n) is 3.02. The molecule has 2 aromatic carbocycles. The summed E-state index contributed by atoms with van der Waals surface area (Å²) in [6.07, 6.45) is 1.13. The molecule has 0 saturated carbocycles. The normalized spacial score (nSPS) is 22.3. The van der Waals surface area contributed by atoms with Gasteiger partial charge in [-0.3, -0.25) is 0 Å². The van der Waals surface area contributed by atoms with Crippen LogP contribution in [0, 0.1) is 0 Å². The van der Waals surface area contributed by atoms with Gasteiger partial charge in [0.1, 0.15) is 0 Å². The molecule has 110 valence electrons. The van der Waals surface area contributed by atoms with Crippen molar-refractivity contribution < 1.29 is 0 Å². The molecule has 0 amide bonds. The van der Waals surface area contributed by atoms with Crippen molar-refractivity contribution in [2.24, 2.45) is 0 Å². The number of nitrogens with zero attached hydrogens (tertiary/aromatic N) is 1. The van der Waals surface area contributed by atoms with E-state index < -0.39 is 0 Å². The van der Waals surface area contributed by atoms with Crippen molar-refractivity contribution in [1.82, 2.24) is 5.32 Å². The quantitative estimate of drug-likeness (QED) is 0.910. The van der Waals surface area contributed by atoms with Gasteiger partial charge in [-0.1, -0.05) is 61.0 Å². The predicted octanol–water partition coefficient (Wildman–Crippen LogP) is 4.27. The Morgan fingerprint density at radius 1 is 1.10 bits per heavy atom. The lowest BCUT2D eigenvalue weighted by atomic mass is 9.99. The second-order valence-corrected chi connectivity index (χ2v) is 5.95. The molecule has 1 aliphatic rings. The largest absolute Gasteiger partial charge is 0.360 e. The SMILES string of the molecule is CCC1CN(c2ccccc2Cl)C(c2ccccc2)CN1. The van der Waals surface area contributed by atoms with Gasteiger partial charge >= 0.3 is 0 Å². The number of para-hydroxylation sites is 1. The summed E-state index contributed by atoms with van der Waals surface area (Å²) >= 11 is 6.44. The summed E-state index contributed by atoms with van der Waals surface area (Å²) in [5, 5.41) is 4.48. The van der Waals surface area contributed by atoms with Gasteiger partial charge in [0.05, 0.1) is 16.8 Å². The minimum atomic E-state index is 0.328. The van der Waals surface area contributed by atoms with Crippen LogP contribution in [0.4, 0.5) is 5.69 Å². The van der Waals surface area contributed by atoms with E-state index in [1.54, 1.807) is 0 Å². The Kier molecular flexibility index (Phi) is 4.47. The van der Waals surface area contributed by atoms with E-state index in [1.165, 1.54) is 5.56 Å². The van der Waals surface area contributed by atoms with Crippen molar-refractivity contribution in [3.05, 3.63) is 65.2 Å². The Morgan fingerprint density at radius 3 is 2.52 bits per heavy atom. The van der Waals surface area contributed by atoms with Crippen LogP contribution in [0.2, 0.25) is 5.02 Å². The van der Waals surface area contributed by atoms with E-state index in [0.29, 0.717) is 12.1 Å². The molecule has 0 aliphatic carbocycles. The molecule has 0 spiro atoms. The van der Waals surface area contributed by atoms with Crippen molar-refractivity contribution in [1.29, 1.82) is 0 Å². The van der Waals surface area contributed by atoms with Crippen molar-refractivity contribution in [3.8, 4) is 0 Å². The van der Waals surface area contributed by atoms with Gasteiger partial charge in [-0.2, -0.15) is 0 Å². The van der Waals surface area contributed by atoms with E-state index >= 15 is 0 Å². The number of hydrogen-bond acceptors (Lipinski definition) is 2. The van der Waals surface area contributed by atoms with Crippen LogP contribution in [-0.4, -0.2) is 19.1 Å². The van der Waals surface area contributed by atoms with Crippen molar-refractivity contribution in [2.75, 3.05) is 18.0 Å². The summed E-state index contributed by atoms with van der Waals surface area (Å²) in [6, 6.07) is 19.7. The van der Waals surface area contributed by atoms with Crippen LogP contribution in [0.1, 0.15) is 24.9 Å². The van der Waals surface area contributed by atoms with Gasteiger partial charge in [0.2, 0.25) is 0 Å². The Balaban J connectivity index is 1.96. The highest BCUT2D eigenvalue weighted by molar-refractivity contribution is 6.33. The van der Waals surface area contributed by atoms with E-state index in [0.717, 1.165) is 30.2 Å². The van der Waals surface area contributed by atoms with Crippen molar-refractivity contribution in [3.63, 3.8) is 0 Å². The van der Waals surface area contributed by atoms with E-state index in [1.807, 2.05) is 12.1 Å². The van der Waals surface area contributed by atoms with Crippen LogP contribution >= 0.6 is 11.6 Å². The van der Waals surface area contributed by atoms with Gasteiger partial charge in [-0.15, -0.1) is 0 Å². The molecule has 3 rings (SSSR count). The Labute approximate surface area is 131 Å². The lowest BCUT2D eigenvalue weighted by molar-refractivity contribution is 0.390. The van der Waals surface area contributed by atoms with Crippen LogP contribution < -0.4 is 10.2 Å². The molecule has 2 aromatic rings. The lowest BCUT2D eigenvalue weighted by Gasteiger charge is -2.42. The Morgan fingerprint density at radius 2 is 1.81 bits per heavy atom. The number of piperazine rings is 1. The Bertz CT molecular complexity index is 585. The molecule has 3 heteroatoms. The molecule has 1 aliphatic heterocycles. The molecule has 0 bridgehead atoms. The molecule has 1 heterocycles. The van der Waals surface area contributed by atoms with Gasteiger partial charge in [0.15, 0.2) is 0 Å². The average molecular weight is 301 g/mol. The highest BCUT2D eigenvalue weighted by Gasteiger charge is 2.29. The third-order valence-electron chi connectivity index (χ3n) is 4.23. The van der Waals surface area contributed by atoms with Crippen LogP contribution in [0.15, 0.2) is 54.6 Å². The first-order valence-electron chi connectivity index (χ1n) is 7.59. The summed E-state index contributed by atoms with van der Waals surface area (Å²) < 4.78 is 0. The monoisotopic (exact) mass is 300 g/mol. The first-order valence-corrected chi connectivity index (χ1v) is 7.97. The summed E-state index contributed by atoms with van der Waals surface area (Å²) in [5.41, 5.74) is 2.47. The number of rotatable bonds is 3. The topological polar surface area (TPSA) is 15.3 Å². The minimum Gasteiger partial charge on any atom is -0.360 e. The first kappa shape index (κ1) is 14.4. The lowest BCUT2D eigenvalue weighted by Crippen LogP contribution is -2.52.